The number of methoxy groups -OCH3 is 1. The molecule has 2 aromatic rings. The lowest BCUT2D eigenvalue weighted by molar-refractivity contribution is -0.136. The lowest BCUT2D eigenvalue weighted by Gasteiger charge is -2.27. The van der Waals surface area contributed by atoms with E-state index in [-0.39, 0.29) is 0 Å². The van der Waals surface area contributed by atoms with E-state index in [1.165, 1.54) is 0 Å². The van der Waals surface area contributed by atoms with Gasteiger partial charge in [0.25, 0.3) is 5.91 Å². The topological polar surface area (TPSA) is 84.6 Å². The van der Waals surface area contributed by atoms with Crippen LogP contribution in [0.15, 0.2) is 54.6 Å². The van der Waals surface area contributed by atoms with Crippen LogP contribution in [0.4, 0.5) is 0 Å². The molecule has 0 fully saturated rings. The van der Waals surface area contributed by atoms with Crippen molar-refractivity contribution in [2.75, 3.05) is 7.11 Å². The average molecular weight is 272 g/mol. The molecule has 5 heteroatoms. The van der Waals surface area contributed by atoms with Crippen molar-refractivity contribution in [2.24, 2.45) is 5.84 Å². The second-order valence-corrected chi connectivity index (χ2v) is 4.28. The molecule has 1 atom stereocenters. The Bertz CT molecular complexity index is 584. The molecule has 0 saturated heterocycles. The summed E-state index contributed by atoms with van der Waals surface area (Å²) in [6, 6.07) is 15.2. The molecule has 0 unspecified atom stereocenters. The Morgan fingerprint density at radius 3 is 2.15 bits per heavy atom. The SMILES string of the molecule is COc1ccc([C@@](O)(C(=O)NN)c2ccccc2)cc1. The van der Waals surface area contributed by atoms with E-state index in [4.69, 9.17) is 10.6 Å². The zero-order valence-corrected chi connectivity index (χ0v) is 11.0. The molecule has 2 rings (SSSR count). The molecule has 0 aliphatic heterocycles. The van der Waals surface area contributed by atoms with Crippen LogP contribution in [0.25, 0.3) is 0 Å². The number of carbonyl (C=O) groups is 1. The van der Waals surface area contributed by atoms with Crippen molar-refractivity contribution in [3.8, 4) is 5.75 Å². The number of ether oxygens (including phenoxy) is 1. The van der Waals surface area contributed by atoms with Crippen LogP contribution in [0, 0.1) is 0 Å². The molecule has 0 radical (unpaired) electrons. The first-order valence-electron chi connectivity index (χ1n) is 6.06. The van der Waals surface area contributed by atoms with E-state index in [0.29, 0.717) is 16.9 Å². The number of hydrogen-bond donors (Lipinski definition) is 3. The van der Waals surface area contributed by atoms with E-state index in [0.717, 1.165) is 0 Å². The molecule has 4 N–H and O–H groups in total. The summed E-state index contributed by atoms with van der Waals surface area (Å²) < 4.78 is 5.07. The van der Waals surface area contributed by atoms with E-state index >= 15 is 0 Å². The molecule has 5 nitrogen and oxygen atoms in total. The highest BCUT2D eigenvalue weighted by atomic mass is 16.5. The number of aliphatic hydroxyl groups is 1. The third kappa shape index (κ3) is 2.36. The van der Waals surface area contributed by atoms with Crippen molar-refractivity contribution >= 4 is 5.91 Å². The molecule has 104 valence electrons. The van der Waals surface area contributed by atoms with Crippen molar-refractivity contribution in [2.45, 2.75) is 5.60 Å². The normalized spacial score (nSPS) is 13.3. The van der Waals surface area contributed by atoms with Gasteiger partial charge in [-0.15, -0.1) is 0 Å². The lowest BCUT2D eigenvalue weighted by atomic mass is 9.85. The fraction of sp³-hybridized carbons (Fsp3) is 0.133. The van der Waals surface area contributed by atoms with Crippen LogP contribution >= 0.6 is 0 Å². The Hall–Kier alpha value is -2.37. The first kappa shape index (κ1) is 14.0. The van der Waals surface area contributed by atoms with Gasteiger partial charge in [-0.2, -0.15) is 0 Å². The Balaban J connectivity index is 2.54. The lowest BCUT2D eigenvalue weighted by Crippen LogP contribution is -2.48. The van der Waals surface area contributed by atoms with Gasteiger partial charge in [0.15, 0.2) is 5.60 Å². The van der Waals surface area contributed by atoms with Crippen LogP contribution < -0.4 is 16.0 Å². The number of hydrazine groups is 1. The van der Waals surface area contributed by atoms with Crippen LogP contribution in [-0.2, 0) is 10.4 Å². The summed E-state index contributed by atoms with van der Waals surface area (Å²) in [4.78, 5) is 12.1. The van der Waals surface area contributed by atoms with E-state index in [1.54, 1.807) is 61.7 Å². The first-order valence-corrected chi connectivity index (χ1v) is 6.06. The summed E-state index contributed by atoms with van der Waals surface area (Å²) >= 11 is 0. The largest absolute Gasteiger partial charge is 0.497 e. The van der Waals surface area contributed by atoms with Gasteiger partial charge in [0, 0.05) is 0 Å². The van der Waals surface area contributed by atoms with Gasteiger partial charge in [0.05, 0.1) is 7.11 Å². The first-order chi connectivity index (χ1) is 9.62. The van der Waals surface area contributed by atoms with Gasteiger partial charge in [-0.05, 0) is 23.3 Å². The maximum Gasteiger partial charge on any atom is 0.275 e. The number of amides is 1. The number of nitrogens with one attached hydrogen (secondary N) is 1. The van der Waals surface area contributed by atoms with E-state index in [9.17, 15) is 9.90 Å². The maximum absolute atomic E-state index is 12.1. The molecular weight excluding hydrogens is 256 g/mol. The van der Waals surface area contributed by atoms with Gasteiger partial charge in [0.2, 0.25) is 0 Å². The molecular formula is C15H16N2O3. The van der Waals surface area contributed by atoms with Gasteiger partial charge in [-0.3, -0.25) is 10.2 Å². The van der Waals surface area contributed by atoms with Crippen LogP contribution in [-0.4, -0.2) is 18.1 Å². The second kappa shape index (κ2) is 5.73. The van der Waals surface area contributed by atoms with Gasteiger partial charge in [0.1, 0.15) is 5.75 Å². The summed E-state index contributed by atoms with van der Waals surface area (Å²) in [5.74, 6) is 5.14. The Morgan fingerprint density at radius 1 is 1.10 bits per heavy atom. The van der Waals surface area contributed by atoms with Crippen LogP contribution in [0.1, 0.15) is 11.1 Å². The quantitative estimate of drug-likeness (QED) is 0.439. The van der Waals surface area contributed by atoms with Gasteiger partial charge in [-0.25, -0.2) is 5.84 Å². The minimum atomic E-state index is -1.84. The number of carbonyl (C=O) groups excluding carboxylic acids is 1. The highest BCUT2D eigenvalue weighted by molar-refractivity contribution is 5.89. The summed E-state index contributed by atoms with van der Waals surface area (Å²) in [5, 5.41) is 10.9. The maximum atomic E-state index is 12.1. The van der Waals surface area contributed by atoms with Crippen molar-refractivity contribution in [1.29, 1.82) is 0 Å². The van der Waals surface area contributed by atoms with Crippen LogP contribution in [0.5, 0.6) is 5.75 Å². The third-order valence-electron chi connectivity index (χ3n) is 3.16. The number of rotatable bonds is 4. The summed E-state index contributed by atoms with van der Waals surface area (Å²) in [7, 11) is 1.55. The molecule has 0 aliphatic rings. The zero-order valence-electron chi connectivity index (χ0n) is 11.0. The molecule has 0 aromatic heterocycles. The number of benzene rings is 2. The molecule has 2 aromatic carbocycles. The standard InChI is InChI=1S/C15H16N2O3/c1-20-13-9-7-12(8-10-13)15(19,14(18)17-16)11-5-3-2-4-6-11/h2-10,19H,16H2,1H3,(H,17,18)/t15-/m1/s1. The molecule has 0 bridgehead atoms. The predicted molar refractivity (Wildman–Crippen MR) is 74.8 cm³/mol. The van der Waals surface area contributed by atoms with E-state index < -0.39 is 11.5 Å². The van der Waals surface area contributed by atoms with Crippen molar-refractivity contribution in [1.82, 2.24) is 5.43 Å². The van der Waals surface area contributed by atoms with Crippen molar-refractivity contribution in [3.63, 3.8) is 0 Å². The molecule has 0 saturated carbocycles. The van der Waals surface area contributed by atoms with Crippen LogP contribution in [0.2, 0.25) is 0 Å². The molecule has 0 heterocycles. The summed E-state index contributed by atoms with van der Waals surface area (Å²) in [6.07, 6.45) is 0. The summed E-state index contributed by atoms with van der Waals surface area (Å²) in [5.41, 5.74) is 1.01. The average Bonchev–Trinajstić information content (AvgIpc) is 2.54. The highest BCUT2D eigenvalue weighted by Gasteiger charge is 2.39. The van der Waals surface area contributed by atoms with Crippen molar-refractivity contribution in [3.05, 3.63) is 65.7 Å². The van der Waals surface area contributed by atoms with Gasteiger partial charge >= 0.3 is 0 Å². The van der Waals surface area contributed by atoms with Crippen molar-refractivity contribution < 1.29 is 14.6 Å². The Morgan fingerprint density at radius 2 is 1.65 bits per heavy atom. The minimum absolute atomic E-state index is 0.410. The zero-order chi connectivity index (χ0) is 14.6. The molecule has 0 spiro atoms. The fourth-order valence-electron chi connectivity index (χ4n) is 2.04. The molecule has 20 heavy (non-hydrogen) atoms. The smallest absolute Gasteiger partial charge is 0.275 e. The predicted octanol–water partition coefficient (Wildman–Crippen LogP) is 0.921. The molecule has 1 amide bonds. The highest BCUT2D eigenvalue weighted by Crippen LogP contribution is 2.30. The monoisotopic (exact) mass is 272 g/mol. The number of nitrogens with two attached hydrogens (primary N) is 1. The Kier molecular flexibility index (Phi) is 4.02. The molecule has 0 aliphatic carbocycles. The van der Waals surface area contributed by atoms with Crippen LogP contribution in [0.3, 0.4) is 0 Å². The minimum Gasteiger partial charge on any atom is -0.497 e. The third-order valence-corrected chi connectivity index (χ3v) is 3.16. The van der Waals surface area contributed by atoms with Gasteiger partial charge in [-0.1, -0.05) is 42.5 Å². The van der Waals surface area contributed by atoms with E-state index in [1.807, 2.05) is 5.43 Å². The second-order valence-electron chi connectivity index (χ2n) is 4.28. The van der Waals surface area contributed by atoms with E-state index in [2.05, 4.69) is 0 Å². The Labute approximate surface area is 117 Å². The summed E-state index contributed by atoms with van der Waals surface area (Å²) in [6.45, 7) is 0. The number of hydrogen-bond acceptors (Lipinski definition) is 4. The van der Waals surface area contributed by atoms with Gasteiger partial charge < -0.3 is 9.84 Å². The fourth-order valence-corrected chi connectivity index (χ4v) is 2.04.